The summed E-state index contributed by atoms with van der Waals surface area (Å²) < 4.78 is 5.08. The molecule has 4 heteroatoms. The first-order valence-corrected chi connectivity index (χ1v) is 5.09. The van der Waals surface area contributed by atoms with Crippen LogP contribution in [0.25, 0.3) is 11.3 Å². The van der Waals surface area contributed by atoms with Gasteiger partial charge in [0.1, 0.15) is 5.75 Å². The number of methoxy groups -OCH3 is 1. The van der Waals surface area contributed by atoms with Gasteiger partial charge in [-0.2, -0.15) is 0 Å². The lowest BCUT2D eigenvalue weighted by Gasteiger charge is -2.06. The minimum atomic E-state index is 0.551. The standard InChI is InChI=1S/C13H12N2O2/c1-17-13-5-3-10(6-11(13)14)12-4-2-9(8-16)7-15-12/h2-8H,14H2,1H3. The number of rotatable bonds is 3. The molecule has 0 saturated carbocycles. The number of carbonyl (C=O) groups is 1. The predicted molar refractivity (Wildman–Crippen MR) is 66.0 cm³/mol. The Hall–Kier alpha value is -2.36. The highest BCUT2D eigenvalue weighted by atomic mass is 16.5. The van der Waals surface area contributed by atoms with Crippen LogP contribution in [0, 0.1) is 0 Å². The lowest BCUT2D eigenvalue weighted by molar-refractivity contribution is 0.112. The maximum absolute atomic E-state index is 10.5. The number of nitrogen functional groups attached to an aromatic ring is 1. The van der Waals surface area contributed by atoms with Gasteiger partial charge in [0.25, 0.3) is 0 Å². The van der Waals surface area contributed by atoms with Crippen LogP contribution >= 0.6 is 0 Å². The van der Waals surface area contributed by atoms with E-state index in [0.717, 1.165) is 17.5 Å². The van der Waals surface area contributed by atoms with E-state index in [4.69, 9.17) is 10.5 Å². The van der Waals surface area contributed by atoms with Gasteiger partial charge in [0, 0.05) is 17.3 Å². The zero-order valence-electron chi connectivity index (χ0n) is 9.38. The first-order valence-electron chi connectivity index (χ1n) is 5.09. The molecule has 86 valence electrons. The first-order chi connectivity index (χ1) is 8.24. The minimum Gasteiger partial charge on any atom is -0.495 e. The fraction of sp³-hybridized carbons (Fsp3) is 0.0769. The van der Waals surface area contributed by atoms with Gasteiger partial charge < -0.3 is 10.5 Å². The summed E-state index contributed by atoms with van der Waals surface area (Å²) in [6, 6.07) is 8.96. The van der Waals surface area contributed by atoms with Gasteiger partial charge in [-0.05, 0) is 30.3 Å². The van der Waals surface area contributed by atoms with Gasteiger partial charge in [-0.3, -0.25) is 9.78 Å². The van der Waals surface area contributed by atoms with Crippen LogP contribution < -0.4 is 10.5 Å². The van der Waals surface area contributed by atoms with E-state index in [0.29, 0.717) is 17.0 Å². The molecule has 2 rings (SSSR count). The topological polar surface area (TPSA) is 65.2 Å². The molecule has 0 aliphatic carbocycles. The number of pyridine rings is 1. The molecule has 0 saturated heterocycles. The van der Waals surface area contributed by atoms with Gasteiger partial charge in [-0.25, -0.2) is 0 Å². The van der Waals surface area contributed by atoms with Gasteiger partial charge in [0.15, 0.2) is 6.29 Å². The lowest BCUT2D eigenvalue weighted by Crippen LogP contribution is -1.93. The van der Waals surface area contributed by atoms with E-state index in [9.17, 15) is 4.79 Å². The van der Waals surface area contributed by atoms with E-state index in [2.05, 4.69) is 4.98 Å². The summed E-state index contributed by atoms with van der Waals surface area (Å²) >= 11 is 0. The van der Waals surface area contributed by atoms with Crippen molar-refractivity contribution in [2.75, 3.05) is 12.8 Å². The number of benzene rings is 1. The highest BCUT2D eigenvalue weighted by molar-refractivity contribution is 5.75. The van der Waals surface area contributed by atoms with E-state index in [1.165, 1.54) is 6.20 Å². The molecule has 1 aromatic heterocycles. The van der Waals surface area contributed by atoms with Crippen LogP contribution in [-0.2, 0) is 0 Å². The summed E-state index contributed by atoms with van der Waals surface area (Å²) in [7, 11) is 1.57. The van der Waals surface area contributed by atoms with Crippen molar-refractivity contribution in [3.8, 4) is 17.0 Å². The van der Waals surface area contributed by atoms with E-state index in [1.807, 2.05) is 6.07 Å². The third kappa shape index (κ3) is 2.25. The van der Waals surface area contributed by atoms with Crippen molar-refractivity contribution in [3.63, 3.8) is 0 Å². The molecule has 1 aromatic carbocycles. The molecule has 0 fully saturated rings. The SMILES string of the molecule is COc1ccc(-c2ccc(C=O)cn2)cc1N. The maximum atomic E-state index is 10.5. The number of carbonyl (C=O) groups excluding carboxylic acids is 1. The number of hydrogen-bond donors (Lipinski definition) is 1. The third-order valence-corrected chi connectivity index (χ3v) is 2.45. The summed E-state index contributed by atoms with van der Waals surface area (Å²) in [4.78, 5) is 14.7. The number of ether oxygens (including phenoxy) is 1. The average Bonchev–Trinajstić information content (AvgIpc) is 2.39. The second-order valence-electron chi connectivity index (χ2n) is 3.55. The molecule has 2 N–H and O–H groups in total. The van der Waals surface area contributed by atoms with Gasteiger partial charge in [0.2, 0.25) is 0 Å². The number of nitrogens with zero attached hydrogens (tertiary/aromatic N) is 1. The Morgan fingerprint density at radius 2 is 2.12 bits per heavy atom. The number of hydrogen-bond acceptors (Lipinski definition) is 4. The summed E-state index contributed by atoms with van der Waals surface area (Å²) in [6.07, 6.45) is 2.29. The normalized spacial score (nSPS) is 9.94. The molecule has 0 atom stereocenters. The van der Waals surface area contributed by atoms with Crippen LogP contribution in [0.15, 0.2) is 36.5 Å². The van der Waals surface area contributed by atoms with Crippen molar-refractivity contribution in [1.29, 1.82) is 0 Å². The molecule has 0 bridgehead atoms. The molecule has 17 heavy (non-hydrogen) atoms. The monoisotopic (exact) mass is 228 g/mol. The van der Waals surface area contributed by atoms with Crippen molar-refractivity contribution in [2.24, 2.45) is 0 Å². The first kappa shape index (κ1) is 11.1. The van der Waals surface area contributed by atoms with Crippen LogP contribution in [0.3, 0.4) is 0 Å². The predicted octanol–water partition coefficient (Wildman–Crippen LogP) is 2.15. The highest BCUT2D eigenvalue weighted by Gasteiger charge is 2.04. The van der Waals surface area contributed by atoms with Gasteiger partial charge >= 0.3 is 0 Å². The molecular formula is C13H12N2O2. The van der Waals surface area contributed by atoms with Crippen molar-refractivity contribution >= 4 is 12.0 Å². The van der Waals surface area contributed by atoms with Crippen LogP contribution in [-0.4, -0.2) is 18.4 Å². The molecule has 0 aliphatic rings. The quantitative estimate of drug-likeness (QED) is 0.645. The fourth-order valence-corrected chi connectivity index (χ4v) is 1.54. The average molecular weight is 228 g/mol. The largest absolute Gasteiger partial charge is 0.495 e. The van der Waals surface area contributed by atoms with Gasteiger partial charge in [0.05, 0.1) is 18.5 Å². The summed E-state index contributed by atoms with van der Waals surface area (Å²) in [5, 5.41) is 0. The Balaban J connectivity index is 2.38. The zero-order chi connectivity index (χ0) is 12.3. The number of anilines is 1. The Bertz CT molecular complexity index is 536. The third-order valence-electron chi connectivity index (χ3n) is 2.45. The number of aldehydes is 1. The fourth-order valence-electron chi connectivity index (χ4n) is 1.54. The minimum absolute atomic E-state index is 0.551. The molecule has 0 amide bonds. The van der Waals surface area contributed by atoms with Crippen LogP contribution in [0.2, 0.25) is 0 Å². The summed E-state index contributed by atoms with van der Waals surface area (Å²) in [5.74, 6) is 0.637. The summed E-state index contributed by atoms with van der Waals surface area (Å²) in [5.41, 5.74) is 8.59. The van der Waals surface area contributed by atoms with Crippen LogP contribution in [0.5, 0.6) is 5.75 Å². The Morgan fingerprint density at radius 1 is 1.29 bits per heavy atom. The Morgan fingerprint density at radius 3 is 2.65 bits per heavy atom. The van der Waals surface area contributed by atoms with E-state index in [1.54, 1.807) is 31.4 Å². The molecule has 1 heterocycles. The van der Waals surface area contributed by atoms with Crippen molar-refractivity contribution in [3.05, 3.63) is 42.1 Å². The maximum Gasteiger partial charge on any atom is 0.151 e. The lowest BCUT2D eigenvalue weighted by atomic mass is 10.1. The second-order valence-corrected chi connectivity index (χ2v) is 3.55. The molecule has 0 aliphatic heterocycles. The van der Waals surface area contributed by atoms with Gasteiger partial charge in [-0.15, -0.1) is 0 Å². The molecule has 0 radical (unpaired) electrons. The van der Waals surface area contributed by atoms with E-state index < -0.39 is 0 Å². The molecule has 0 unspecified atom stereocenters. The van der Waals surface area contributed by atoms with Gasteiger partial charge in [-0.1, -0.05) is 0 Å². The molecule has 2 aromatic rings. The van der Waals surface area contributed by atoms with Crippen molar-refractivity contribution < 1.29 is 9.53 Å². The highest BCUT2D eigenvalue weighted by Crippen LogP contribution is 2.27. The van der Waals surface area contributed by atoms with Crippen molar-refractivity contribution in [1.82, 2.24) is 4.98 Å². The molecule has 4 nitrogen and oxygen atoms in total. The number of nitrogens with two attached hydrogens (primary N) is 1. The second kappa shape index (κ2) is 4.65. The van der Waals surface area contributed by atoms with E-state index >= 15 is 0 Å². The zero-order valence-corrected chi connectivity index (χ0v) is 9.38. The van der Waals surface area contributed by atoms with Crippen LogP contribution in [0.1, 0.15) is 10.4 Å². The Kier molecular flexibility index (Phi) is 3.05. The number of aromatic nitrogens is 1. The van der Waals surface area contributed by atoms with E-state index in [-0.39, 0.29) is 0 Å². The smallest absolute Gasteiger partial charge is 0.151 e. The molecular weight excluding hydrogens is 216 g/mol. The molecule has 0 spiro atoms. The van der Waals surface area contributed by atoms with Crippen molar-refractivity contribution in [2.45, 2.75) is 0 Å². The summed E-state index contributed by atoms with van der Waals surface area (Å²) in [6.45, 7) is 0. The Labute approximate surface area is 99.1 Å². The van der Waals surface area contributed by atoms with Crippen LogP contribution in [0.4, 0.5) is 5.69 Å².